The maximum atomic E-state index is 12.7. The van der Waals surface area contributed by atoms with Gasteiger partial charge in [-0.1, -0.05) is 12.1 Å². The highest BCUT2D eigenvalue weighted by molar-refractivity contribution is 5.96. The SMILES string of the molecule is COc1cccc(C[NH+](C)[C@@H](C)C(=O)NC(=O)NC23CC4CC(CC(C4)C2)C3)c1. The van der Waals surface area contributed by atoms with E-state index in [4.69, 9.17) is 4.74 Å². The first-order valence-electron chi connectivity index (χ1n) is 10.9. The summed E-state index contributed by atoms with van der Waals surface area (Å²) < 4.78 is 5.27. The topological polar surface area (TPSA) is 71.9 Å². The Kier molecular flexibility index (Phi) is 5.56. The van der Waals surface area contributed by atoms with E-state index < -0.39 is 0 Å². The molecule has 4 aliphatic rings. The lowest BCUT2D eigenvalue weighted by molar-refractivity contribution is -0.908. The molecule has 1 aromatic rings. The monoisotopic (exact) mass is 400 g/mol. The van der Waals surface area contributed by atoms with Crippen molar-refractivity contribution < 1.29 is 19.2 Å². The summed E-state index contributed by atoms with van der Waals surface area (Å²) in [6.45, 7) is 2.55. The highest BCUT2D eigenvalue weighted by Gasteiger charge is 2.51. The maximum absolute atomic E-state index is 12.7. The van der Waals surface area contributed by atoms with Gasteiger partial charge in [0, 0.05) is 11.1 Å². The van der Waals surface area contributed by atoms with Gasteiger partial charge in [0.25, 0.3) is 5.91 Å². The number of urea groups is 1. The molecular formula is C23H34N3O3+. The maximum Gasteiger partial charge on any atom is 0.322 e. The van der Waals surface area contributed by atoms with Crippen molar-refractivity contribution >= 4 is 11.9 Å². The third-order valence-electron chi connectivity index (χ3n) is 7.40. The molecule has 0 heterocycles. The molecule has 0 spiro atoms. The van der Waals surface area contributed by atoms with Crippen LogP contribution in [0.15, 0.2) is 24.3 Å². The second-order valence-corrected chi connectivity index (χ2v) is 9.74. The molecule has 29 heavy (non-hydrogen) atoms. The Hall–Kier alpha value is -2.08. The lowest BCUT2D eigenvalue weighted by atomic mass is 9.53. The number of carbonyl (C=O) groups excluding carboxylic acids is 2. The second kappa shape index (κ2) is 7.98. The predicted octanol–water partition coefficient (Wildman–Crippen LogP) is 1.89. The van der Waals surface area contributed by atoms with Gasteiger partial charge in [-0.2, -0.15) is 0 Å². The summed E-state index contributed by atoms with van der Waals surface area (Å²) in [6, 6.07) is 7.21. The van der Waals surface area contributed by atoms with E-state index in [0.717, 1.165) is 53.2 Å². The molecule has 0 aromatic heterocycles. The quantitative estimate of drug-likeness (QED) is 0.683. The number of rotatable bonds is 6. The fourth-order valence-corrected chi connectivity index (χ4v) is 6.24. The zero-order valence-corrected chi connectivity index (χ0v) is 17.8. The molecule has 4 fully saturated rings. The molecule has 4 bridgehead atoms. The van der Waals surface area contributed by atoms with Crippen LogP contribution in [0.1, 0.15) is 51.0 Å². The zero-order valence-electron chi connectivity index (χ0n) is 17.8. The third-order valence-corrected chi connectivity index (χ3v) is 7.40. The molecule has 3 amide bonds. The van der Waals surface area contributed by atoms with E-state index in [-0.39, 0.29) is 23.5 Å². The molecule has 4 aliphatic carbocycles. The zero-order chi connectivity index (χ0) is 20.6. The Labute approximate surface area is 173 Å². The van der Waals surface area contributed by atoms with Crippen LogP contribution in [0.25, 0.3) is 0 Å². The van der Waals surface area contributed by atoms with Crippen LogP contribution in [0.5, 0.6) is 5.75 Å². The van der Waals surface area contributed by atoms with Gasteiger partial charge in [0.2, 0.25) is 0 Å². The van der Waals surface area contributed by atoms with Crippen LogP contribution in [0.4, 0.5) is 4.79 Å². The standard InChI is InChI=1S/C23H33N3O3/c1-15(26(2)14-16-5-4-6-20(10-16)29-3)21(27)24-22(28)25-23-11-17-7-18(12-23)9-19(8-17)13-23/h4-6,10,15,17-19H,7-9,11-14H2,1-3H3,(H2,24,25,27,28)/p+1/t15-,17?,18?,19?,23?/m0/s1. The second-order valence-electron chi connectivity index (χ2n) is 9.74. The van der Waals surface area contributed by atoms with E-state index in [9.17, 15) is 9.59 Å². The normalized spacial score (nSPS) is 31.8. The number of benzene rings is 1. The predicted molar refractivity (Wildman–Crippen MR) is 111 cm³/mol. The molecule has 0 radical (unpaired) electrons. The van der Waals surface area contributed by atoms with Gasteiger partial charge >= 0.3 is 6.03 Å². The molecule has 1 unspecified atom stereocenters. The Morgan fingerprint density at radius 3 is 2.38 bits per heavy atom. The van der Waals surface area contributed by atoms with Gasteiger partial charge < -0.3 is 15.0 Å². The minimum absolute atomic E-state index is 0.0816. The van der Waals surface area contributed by atoms with Crippen LogP contribution in [-0.2, 0) is 11.3 Å². The fraction of sp³-hybridized carbons (Fsp3) is 0.652. The van der Waals surface area contributed by atoms with E-state index >= 15 is 0 Å². The van der Waals surface area contributed by atoms with Crippen LogP contribution in [-0.4, -0.2) is 37.7 Å². The number of quaternary nitrogens is 1. The van der Waals surface area contributed by atoms with Crippen molar-refractivity contribution in [1.29, 1.82) is 0 Å². The average molecular weight is 401 g/mol. The number of hydrogen-bond acceptors (Lipinski definition) is 3. The third kappa shape index (κ3) is 4.42. The van der Waals surface area contributed by atoms with Crippen molar-refractivity contribution in [2.45, 2.75) is 63.6 Å². The van der Waals surface area contributed by atoms with Gasteiger partial charge in [-0.25, -0.2) is 4.79 Å². The number of methoxy groups -OCH3 is 1. The van der Waals surface area contributed by atoms with Gasteiger partial charge in [-0.15, -0.1) is 0 Å². The summed E-state index contributed by atoms with van der Waals surface area (Å²) in [7, 11) is 3.62. The van der Waals surface area contributed by atoms with Crippen molar-refractivity contribution in [2.24, 2.45) is 17.8 Å². The summed E-state index contributed by atoms with van der Waals surface area (Å²) in [6.07, 6.45) is 7.23. The summed E-state index contributed by atoms with van der Waals surface area (Å²) in [4.78, 5) is 26.3. The molecule has 1 aromatic carbocycles. The largest absolute Gasteiger partial charge is 0.497 e. The number of hydrogen-bond donors (Lipinski definition) is 3. The lowest BCUT2D eigenvalue weighted by Gasteiger charge is -2.56. The van der Waals surface area contributed by atoms with E-state index in [0.29, 0.717) is 6.54 Å². The van der Waals surface area contributed by atoms with Gasteiger partial charge in [-0.05, 0) is 75.3 Å². The number of carbonyl (C=O) groups is 2. The Bertz CT molecular complexity index is 743. The van der Waals surface area contributed by atoms with Crippen molar-refractivity contribution in [3.63, 3.8) is 0 Å². The van der Waals surface area contributed by atoms with E-state index in [2.05, 4.69) is 10.6 Å². The number of amides is 3. The molecule has 0 saturated heterocycles. The van der Waals surface area contributed by atoms with Gasteiger partial charge in [0.05, 0.1) is 14.2 Å². The summed E-state index contributed by atoms with van der Waals surface area (Å²) in [5, 5.41) is 5.83. The molecule has 3 N–H and O–H groups in total. The van der Waals surface area contributed by atoms with E-state index in [1.165, 1.54) is 19.3 Å². The van der Waals surface area contributed by atoms with Crippen LogP contribution < -0.4 is 20.3 Å². The fourth-order valence-electron chi connectivity index (χ4n) is 6.24. The molecular weight excluding hydrogens is 366 g/mol. The average Bonchev–Trinajstić information content (AvgIpc) is 2.65. The molecule has 5 rings (SSSR count). The summed E-state index contributed by atoms with van der Waals surface area (Å²) >= 11 is 0. The molecule has 158 valence electrons. The Morgan fingerprint density at radius 2 is 1.79 bits per heavy atom. The summed E-state index contributed by atoms with van der Waals surface area (Å²) in [5.41, 5.74) is 1.02. The lowest BCUT2D eigenvalue weighted by Crippen LogP contribution is -3.12. The smallest absolute Gasteiger partial charge is 0.322 e. The highest BCUT2D eigenvalue weighted by atomic mass is 16.5. The Morgan fingerprint density at radius 1 is 1.17 bits per heavy atom. The van der Waals surface area contributed by atoms with Crippen LogP contribution in [0, 0.1) is 17.8 Å². The molecule has 6 heteroatoms. The molecule has 0 aliphatic heterocycles. The van der Waals surface area contributed by atoms with Crippen molar-refractivity contribution in [2.75, 3.05) is 14.2 Å². The van der Waals surface area contributed by atoms with Gasteiger partial charge in [-0.3, -0.25) is 10.1 Å². The first kappa shape index (κ1) is 20.2. The van der Waals surface area contributed by atoms with E-state index in [1.54, 1.807) is 7.11 Å². The highest BCUT2D eigenvalue weighted by Crippen LogP contribution is 2.55. The molecule has 2 atom stereocenters. The minimum atomic E-state index is -0.330. The first-order chi connectivity index (χ1) is 13.9. The van der Waals surface area contributed by atoms with Gasteiger partial charge in [0.15, 0.2) is 6.04 Å². The Balaban J connectivity index is 1.30. The number of ether oxygens (including phenoxy) is 1. The van der Waals surface area contributed by atoms with E-state index in [1.807, 2.05) is 38.2 Å². The van der Waals surface area contributed by atoms with Gasteiger partial charge in [0.1, 0.15) is 12.3 Å². The van der Waals surface area contributed by atoms with Crippen LogP contribution in [0.2, 0.25) is 0 Å². The van der Waals surface area contributed by atoms with Crippen molar-refractivity contribution in [3.05, 3.63) is 29.8 Å². The number of nitrogens with one attached hydrogen (secondary N) is 3. The number of likely N-dealkylation sites (N-methyl/N-ethyl adjacent to an activating group) is 1. The van der Waals surface area contributed by atoms with Crippen molar-refractivity contribution in [1.82, 2.24) is 10.6 Å². The minimum Gasteiger partial charge on any atom is -0.497 e. The summed E-state index contributed by atoms with van der Waals surface area (Å²) in [5.74, 6) is 2.86. The molecule has 6 nitrogen and oxygen atoms in total. The van der Waals surface area contributed by atoms with Crippen molar-refractivity contribution in [3.8, 4) is 5.75 Å². The van der Waals surface area contributed by atoms with Crippen LogP contribution >= 0.6 is 0 Å². The van der Waals surface area contributed by atoms with Crippen LogP contribution in [0.3, 0.4) is 0 Å². The molecule has 4 saturated carbocycles. The number of imide groups is 1. The first-order valence-corrected chi connectivity index (χ1v) is 10.9.